The number of rotatable bonds is 8. The summed E-state index contributed by atoms with van der Waals surface area (Å²) in [5, 5.41) is 2.52. The molecule has 0 atom stereocenters. The molecule has 22 heavy (non-hydrogen) atoms. The maximum atomic E-state index is 13.6. The number of hydrogen-bond acceptors (Lipinski definition) is 3. The molecule has 0 saturated carbocycles. The fourth-order valence-corrected chi connectivity index (χ4v) is 2.37. The third kappa shape index (κ3) is 7.00. The highest BCUT2D eigenvalue weighted by Crippen LogP contribution is 2.19. The molecule has 0 saturated heterocycles. The number of nitrogens with one attached hydrogen (secondary N) is 1. The van der Waals surface area contributed by atoms with Crippen LogP contribution < -0.4 is 11.1 Å². The number of halogens is 2. The summed E-state index contributed by atoms with van der Waals surface area (Å²) in [6.45, 7) is 5.21. The van der Waals surface area contributed by atoms with Crippen molar-refractivity contribution < 1.29 is 14.0 Å². The maximum absolute atomic E-state index is 13.6. The molecule has 0 aliphatic carbocycles. The van der Waals surface area contributed by atoms with Gasteiger partial charge in [0.15, 0.2) is 0 Å². The molecule has 0 aromatic heterocycles. The standard InChI is InChI=1S/C15H21BrFN3O2/c1-10(2)8-20(9-14(18)21)6-5-15(22)19-13-4-3-11(16)7-12(13)17/h3-4,7,10H,5-6,8-9H2,1-2H3,(H2,18,21)(H,19,22). The smallest absolute Gasteiger partial charge is 0.231 e. The SMILES string of the molecule is CC(C)CN(CCC(=O)Nc1ccc(Br)cc1F)CC(N)=O. The lowest BCUT2D eigenvalue weighted by Crippen LogP contribution is -2.38. The number of carbonyl (C=O) groups is 2. The Balaban J connectivity index is 2.53. The Morgan fingerprint density at radius 3 is 2.64 bits per heavy atom. The number of nitrogens with zero attached hydrogens (tertiary/aromatic N) is 1. The van der Waals surface area contributed by atoms with E-state index in [1.165, 1.54) is 12.1 Å². The van der Waals surface area contributed by atoms with Gasteiger partial charge in [0.05, 0.1) is 12.2 Å². The van der Waals surface area contributed by atoms with Crippen LogP contribution in [0, 0.1) is 11.7 Å². The second-order valence-corrected chi connectivity index (χ2v) is 6.43. The third-order valence-corrected chi connectivity index (χ3v) is 3.36. The number of benzene rings is 1. The average molecular weight is 374 g/mol. The summed E-state index contributed by atoms with van der Waals surface area (Å²) < 4.78 is 14.2. The Bertz CT molecular complexity index is 538. The molecule has 0 unspecified atom stereocenters. The number of amides is 2. The highest BCUT2D eigenvalue weighted by atomic mass is 79.9. The van der Waals surface area contributed by atoms with Crippen LogP contribution in [0.2, 0.25) is 0 Å². The van der Waals surface area contributed by atoms with Gasteiger partial charge in [0.25, 0.3) is 0 Å². The van der Waals surface area contributed by atoms with E-state index in [0.717, 1.165) is 0 Å². The van der Waals surface area contributed by atoms with Crippen molar-refractivity contribution >= 4 is 33.4 Å². The van der Waals surface area contributed by atoms with Crippen molar-refractivity contribution in [1.82, 2.24) is 4.90 Å². The van der Waals surface area contributed by atoms with Crippen LogP contribution in [-0.4, -0.2) is 36.3 Å². The molecular formula is C15H21BrFN3O2. The zero-order chi connectivity index (χ0) is 16.7. The molecule has 3 N–H and O–H groups in total. The molecular weight excluding hydrogens is 353 g/mol. The zero-order valence-electron chi connectivity index (χ0n) is 12.7. The minimum Gasteiger partial charge on any atom is -0.369 e. The number of nitrogens with two attached hydrogens (primary N) is 1. The van der Waals surface area contributed by atoms with Crippen molar-refractivity contribution in [3.8, 4) is 0 Å². The quantitative estimate of drug-likeness (QED) is 0.734. The molecule has 0 spiro atoms. The Morgan fingerprint density at radius 2 is 2.09 bits per heavy atom. The van der Waals surface area contributed by atoms with Crippen LogP contribution in [0.1, 0.15) is 20.3 Å². The van der Waals surface area contributed by atoms with Crippen LogP contribution in [0.4, 0.5) is 10.1 Å². The molecule has 1 aromatic carbocycles. The first-order valence-electron chi connectivity index (χ1n) is 7.03. The first-order valence-corrected chi connectivity index (χ1v) is 7.82. The largest absolute Gasteiger partial charge is 0.369 e. The van der Waals surface area contributed by atoms with Gasteiger partial charge < -0.3 is 11.1 Å². The summed E-state index contributed by atoms with van der Waals surface area (Å²) in [4.78, 5) is 24.7. The van der Waals surface area contributed by atoms with Gasteiger partial charge in [-0.3, -0.25) is 14.5 Å². The third-order valence-electron chi connectivity index (χ3n) is 2.86. The van der Waals surface area contributed by atoms with Gasteiger partial charge in [-0.15, -0.1) is 0 Å². The molecule has 0 bridgehead atoms. The second kappa shape index (κ2) is 8.85. The molecule has 0 aliphatic heterocycles. The Hall–Kier alpha value is -1.47. The van der Waals surface area contributed by atoms with Crippen LogP contribution in [-0.2, 0) is 9.59 Å². The first-order chi connectivity index (χ1) is 10.3. The van der Waals surface area contributed by atoms with Crippen LogP contribution in [0.3, 0.4) is 0 Å². The second-order valence-electron chi connectivity index (χ2n) is 5.52. The molecule has 0 radical (unpaired) electrons. The van der Waals surface area contributed by atoms with E-state index in [0.29, 0.717) is 23.5 Å². The summed E-state index contributed by atoms with van der Waals surface area (Å²) in [6.07, 6.45) is 0.162. The van der Waals surface area contributed by atoms with E-state index >= 15 is 0 Å². The summed E-state index contributed by atoms with van der Waals surface area (Å²) in [7, 11) is 0. The van der Waals surface area contributed by atoms with Gasteiger partial charge in [-0.2, -0.15) is 0 Å². The Labute approximate surface area is 138 Å². The molecule has 1 rings (SSSR count). The Morgan fingerprint density at radius 1 is 1.41 bits per heavy atom. The van der Waals surface area contributed by atoms with Gasteiger partial charge in [0.2, 0.25) is 11.8 Å². The number of carbonyl (C=O) groups excluding carboxylic acids is 2. The number of anilines is 1. The maximum Gasteiger partial charge on any atom is 0.231 e. The molecule has 1 aromatic rings. The van der Waals surface area contributed by atoms with Crippen molar-refractivity contribution in [2.24, 2.45) is 11.7 Å². The van der Waals surface area contributed by atoms with Gasteiger partial charge in [-0.1, -0.05) is 29.8 Å². The van der Waals surface area contributed by atoms with E-state index in [9.17, 15) is 14.0 Å². The van der Waals surface area contributed by atoms with E-state index in [-0.39, 0.29) is 24.6 Å². The van der Waals surface area contributed by atoms with Crippen LogP contribution in [0.5, 0.6) is 0 Å². The monoisotopic (exact) mass is 373 g/mol. The van der Waals surface area contributed by atoms with Crippen LogP contribution in [0.25, 0.3) is 0 Å². The minimum absolute atomic E-state index is 0.109. The van der Waals surface area contributed by atoms with E-state index in [1.807, 2.05) is 18.7 Å². The van der Waals surface area contributed by atoms with Crippen LogP contribution >= 0.6 is 15.9 Å². The van der Waals surface area contributed by atoms with Gasteiger partial charge >= 0.3 is 0 Å². The van der Waals surface area contributed by atoms with Crippen molar-refractivity contribution in [3.63, 3.8) is 0 Å². The van der Waals surface area contributed by atoms with Gasteiger partial charge in [-0.05, 0) is 24.1 Å². The van der Waals surface area contributed by atoms with E-state index in [4.69, 9.17) is 5.73 Å². The lowest BCUT2D eigenvalue weighted by Gasteiger charge is -2.22. The lowest BCUT2D eigenvalue weighted by molar-refractivity contribution is -0.120. The van der Waals surface area contributed by atoms with E-state index in [1.54, 1.807) is 6.07 Å². The molecule has 5 nitrogen and oxygen atoms in total. The van der Waals surface area contributed by atoms with Gasteiger partial charge in [-0.25, -0.2) is 4.39 Å². The van der Waals surface area contributed by atoms with Crippen molar-refractivity contribution in [3.05, 3.63) is 28.5 Å². The Kier molecular flexibility index (Phi) is 7.47. The number of primary amides is 1. The zero-order valence-corrected chi connectivity index (χ0v) is 14.3. The highest BCUT2D eigenvalue weighted by molar-refractivity contribution is 9.10. The van der Waals surface area contributed by atoms with Gasteiger partial charge in [0.1, 0.15) is 5.82 Å². The number of hydrogen-bond donors (Lipinski definition) is 2. The predicted molar refractivity (Wildman–Crippen MR) is 87.8 cm³/mol. The minimum atomic E-state index is -0.501. The summed E-state index contributed by atoms with van der Waals surface area (Å²) >= 11 is 3.15. The topological polar surface area (TPSA) is 75.4 Å². The van der Waals surface area contributed by atoms with E-state index < -0.39 is 11.7 Å². The predicted octanol–water partition coefficient (Wildman–Crippen LogP) is 2.36. The average Bonchev–Trinajstić information content (AvgIpc) is 2.38. The molecule has 7 heteroatoms. The van der Waals surface area contributed by atoms with Crippen molar-refractivity contribution in [2.45, 2.75) is 20.3 Å². The highest BCUT2D eigenvalue weighted by Gasteiger charge is 2.13. The molecule has 0 heterocycles. The van der Waals surface area contributed by atoms with Crippen molar-refractivity contribution in [1.29, 1.82) is 0 Å². The fraction of sp³-hybridized carbons (Fsp3) is 0.467. The normalized spacial score (nSPS) is 11.0. The van der Waals surface area contributed by atoms with Crippen molar-refractivity contribution in [2.75, 3.05) is 25.0 Å². The van der Waals surface area contributed by atoms with Crippen LogP contribution in [0.15, 0.2) is 22.7 Å². The molecule has 2 amide bonds. The molecule has 122 valence electrons. The fourth-order valence-electron chi connectivity index (χ4n) is 2.03. The summed E-state index contributed by atoms with van der Waals surface area (Å²) in [5.74, 6) is -0.885. The summed E-state index contributed by atoms with van der Waals surface area (Å²) in [6, 6.07) is 4.43. The molecule has 0 aliphatic rings. The molecule has 0 fully saturated rings. The van der Waals surface area contributed by atoms with E-state index in [2.05, 4.69) is 21.2 Å². The summed E-state index contributed by atoms with van der Waals surface area (Å²) in [5.41, 5.74) is 5.34. The first kappa shape index (κ1) is 18.6. The lowest BCUT2D eigenvalue weighted by atomic mass is 10.2. The van der Waals surface area contributed by atoms with Gasteiger partial charge in [0, 0.05) is 24.0 Å².